The predicted molar refractivity (Wildman–Crippen MR) is 85.2 cm³/mol. The molecule has 6 heteroatoms. The summed E-state index contributed by atoms with van der Waals surface area (Å²) in [6.45, 7) is 2.61. The van der Waals surface area contributed by atoms with Gasteiger partial charge in [-0.2, -0.15) is 0 Å². The maximum absolute atomic E-state index is 13.7. The van der Waals surface area contributed by atoms with Gasteiger partial charge >= 0.3 is 0 Å². The minimum Gasteiger partial charge on any atom is -0.348 e. The van der Waals surface area contributed by atoms with E-state index in [1.165, 1.54) is 0 Å². The number of nitrogens with one attached hydrogen (secondary N) is 2. The van der Waals surface area contributed by atoms with Crippen LogP contribution in [0.3, 0.4) is 0 Å². The molecule has 22 heavy (non-hydrogen) atoms. The highest BCUT2D eigenvalue weighted by molar-refractivity contribution is 6.30. The lowest BCUT2D eigenvalue weighted by Crippen LogP contribution is -2.28. The molecule has 4 nitrogen and oxygen atoms in total. The molecule has 1 aliphatic heterocycles. The van der Waals surface area contributed by atoms with Crippen molar-refractivity contribution in [1.82, 2.24) is 20.2 Å². The van der Waals surface area contributed by atoms with E-state index in [4.69, 9.17) is 11.6 Å². The van der Waals surface area contributed by atoms with Gasteiger partial charge in [0.15, 0.2) is 0 Å². The van der Waals surface area contributed by atoms with Gasteiger partial charge in [0.2, 0.25) is 0 Å². The van der Waals surface area contributed by atoms with E-state index in [0.29, 0.717) is 5.92 Å². The van der Waals surface area contributed by atoms with Crippen molar-refractivity contribution in [3.63, 3.8) is 0 Å². The number of hydrogen-bond acceptors (Lipinski definition) is 3. The number of aromatic amines is 1. The molecule has 0 unspecified atom stereocenters. The number of halogens is 2. The van der Waals surface area contributed by atoms with Crippen LogP contribution in [0, 0.1) is 11.7 Å². The Labute approximate surface area is 134 Å². The predicted octanol–water partition coefficient (Wildman–Crippen LogP) is 2.98. The molecule has 3 rings (SSSR count). The molecule has 1 aromatic carbocycles. The van der Waals surface area contributed by atoms with Crippen molar-refractivity contribution >= 4 is 11.6 Å². The topological polar surface area (TPSA) is 44.0 Å². The first kappa shape index (κ1) is 15.5. The minimum atomic E-state index is -0.346. The Bertz CT molecular complexity index is 617. The molecule has 1 aromatic heterocycles. The van der Waals surface area contributed by atoms with Crippen molar-refractivity contribution in [2.24, 2.45) is 5.92 Å². The lowest BCUT2D eigenvalue weighted by atomic mass is 9.93. The van der Waals surface area contributed by atoms with Crippen LogP contribution >= 0.6 is 11.6 Å². The molecule has 2 aromatic rings. The average molecular weight is 323 g/mol. The molecular weight excluding hydrogens is 303 g/mol. The number of benzene rings is 1. The highest BCUT2D eigenvalue weighted by Crippen LogP contribution is 2.36. The van der Waals surface area contributed by atoms with Gasteiger partial charge in [0.1, 0.15) is 11.6 Å². The van der Waals surface area contributed by atoms with Gasteiger partial charge in [-0.3, -0.25) is 4.90 Å². The summed E-state index contributed by atoms with van der Waals surface area (Å²) in [6, 6.07) is 5.35. The number of likely N-dealkylation sites (tertiary alicyclic amines) is 1. The molecule has 0 amide bonds. The molecule has 2 atom stereocenters. The Morgan fingerprint density at radius 3 is 3.09 bits per heavy atom. The number of imidazole rings is 1. The largest absolute Gasteiger partial charge is 0.348 e. The summed E-state index contributed by atoms with van der Waals surface area (Å²) >= 11 is 5.79. The summed E-state index contributed by atoms with van der Waals surface area (Å²) in [5.41, 5.74) is 0.992. The fourth-order valence-corrected chi connectivity index (χ4v) is 3.35. The molecule has 0 radical (unpaired) electrons. The van der Waals surface area contributed by atoms with E-state index >= 15 is 0 Å². The van der Waals surface area contributed by atoms with Crippen molar-refractivity contribution in [2.75, 3.05) is 20.1 Å². The molecule has 2 N–H and O–H groups in total. The van der Waals surface area contributed by atoms with E-state index < -0.39 is 0 Å². The van der Waals surface area contributed by atoms with Crippen molar-refractivity contribution in [1.29, 1.82) is 0 Å². The van der Waals surface area contributed by atoms with E-state index in [1.807, 2.05) is 12.3 Å². The Hall–Kier alpha value is -1.43. The Balaban J connectivity index is 1.66. The summed E-state index contributed by atoms with van der Waals surface area (Å²) in [7, 11) is 2.09. The number of nitrogens with zero attached hydrogens (tertiary/aromatic N) is 2. The first-order chi connectivity index (χ1) is 10.6. The lowest BCUT2D eigenvalue weighted by Gasteiger charge is -2.26. The zero-order valence-corrected chi connectivity index (χ0v) is 13.3. The third kappa shape index (κ3) is 3.32. The first-order valence-electron chi connectivity index (χ1n) is 7.49. The maximum Gasteiger partial charge on any atom is 0.142 e. The molecule has 2 heterocycles. The summed E-state index contributed by atoms with van der Waals surface area (Å²) in [5.74, 6) is 1.03. The molecule has 0 bridgehead atoms. The second-order valence-electron chi connectivity index (χ2n) is 5.81. The molecule has 0 aliphatic carbocycles. The van der Waals surface area contributed by atoms with Gasteiger partial charge in [0, 0.05) is 25.0 Å². The number of rotatable bonds is 5. The molecule has 1 aliphatic rings. The van der Waals surface area contributed by atoms with Crippen LogP contribution in [0.4, 0.5) is 4.39 Å². The van der Waals surface area contributed by atoms with Crippen molar-refractivity contribution in [3.8, 4) is 0 Å². The lowest BCUT2D eigenvalue weighted by molar-refractivity contribution is 0.271. The molecule has 118 valence electrons. The maximum atomic E-state index is 13.7. The van der Waals surface area contributed by atoms with E-state index in [-0.39, 0.29) is 16.9 Å². The van der Waals surface area contributed by atoms with E-state index in [2.05, 4.69) is 27.2 Å². The third-order valence-corrected chi connectivity index (χ3v) is 4.62. The summed E-state index contributed by atoms with van der Waals surface area (Å²) < 4.78 is 13.7. The zero-order valence-electron chi connectivity index (χ0n) is 12.5. The Kier molecular flexibility index (Phi) is 4.76. The third-order valence-electron chi connectivity index (χ3n) is 4.31. The van der Waals surface area contributed by atoms with Gasteiger partial charge in [-0.1, -0.05) is 17.7 Å². The second-order valence-corrected chi connectivity index (χ2v) is 6.22. The number of H-pyrrole nitrogens is 1. The van der Waals surface area contributed by atoms with Crippen LogP contribution in [0.15, 0.2) is 30.6 Å². The number of hydrogen-bond donors (Lipinski definition) is 2. The summed E-state index contributed by atoms with van der Waals surface area (Å²) in [6.07, 6.45) is 4.66. The smallest absolute Gasteiger partial charge is 0.142 e. The minimum absolute atomic E-state index is 0.178. The van der Waals surface area contributed by atoms with Gasteiger partial charge in [0.05, 0.1) is 11.6 Å². The molecular formula is C16H20ClFN4. The van der Waals surface area contributed by atoms with E-state index in [9.17, 15) is 4.39 Å². The van der Waals surface area contributed by atoms with Gasteiger partial charge in [-0.25, -0.2) is 9.37 Å². The fourth-order valence-electron chi connectivity index (χ4n) is 3.23. The quantitative estimate of drug-likeness (QED) is 0.889. The monoisotopic (exact) mass is 322 g/mol. The first-order valence-corrected chi connectivity index (χ1v) is 7.87. The fraction of sp³-hybridized carbons (Fsp3) is 0.438. The zero-order chi connectivity index (χ0) is 15.5. The summed E-state index contributed by atoms with van der Waals surface area (Å²) in [5, 5.41) is 3.61. The van der Waals surface area contributed by atoms with Crippen molar-refractivity contribution in [3.05, 3.63) is 52.8 Å². The highest BCUT2D eigenvalue weighted by Gasteiger charge is 2.32. The van der Waals surface area contributed by atoms with Crippen LogP contribution in [0.25, 0.3) is 0 Å². The number of aromatic nitrogens is 2. The van der Waals surface area contributed by atoms with E-state index in [0.717, 1.165) is 37.4 Å². The highest BCUT2D eigenvalue weighted by atomic mass is 35.5. The van der Waals surface area contributed by atoms with Crippen LogP contribution in [0.2, 0.25) is 5.02 Å². The molecule has 1 saturated heterocycles. The normalized spacial score (nSPS) is 22.3. The van der Waals surface area contributed by atoms with Crippen molar-refractivity contribution < 1.29 is 4.39 Å². The van der Waals surface area contributed by atoms with Gasteiger partial charge in [-0.05, 0) is 43.6 Å². The SMILES string of the molecule is CN1CC[C@H](CNCc2ncc[nH]2)[C@@H]1c1ccc(Cl)c(F)c1. The van der Waals surface area contributed by atoms with Crippen LogP contribution in [0.5, 0.6) is 0 Å². The van der Waals surface area contributed by atoms with Crippen LogP contribution in [-0.4, -0.2) is 35.0 Å². The molecule has 0 saturated carbocycles. The summed E-state index contributed by atoms with van der Waals surface area (Å²) in [4.78, 5) is 9.56. The van der Waals surface area contributed by atoms with Crippen LogP contribution in [-0.2, 0) is 6.54 Å². The van der Waals surface area contributed by atoms with Gasteiger partial charge < -0.3 is 10.3 Å². The molecule has 1 fully saturated rings. The standard InChI is InChI=1S/C16H20ClFN4/c1-22-7-4-12(9-19-10-15-20-5-6-21-15)16(22)11-2-3-13(17)14(18)8-11/h2-3,5-6,8,12,16,19H,4,7,9-10H2,1H3,(H,20,21)/t12-,16+/m1/s1. The Morgan fingerprint density at radius 1 is 1.50 bits per heavy atom. The van der Waals surface area contributed by atoms with Gasteiger partial charge in [-0.15, -0.1) is 0 Å². The molecule has 0 spiro atoms. The van der Waals surface area contributed by atoms with E-state index in [1.54, 1.807) is 18.3 Å². The second kappa shape index (κ2) is 6.77. The van der Waals surface area contributed by atoms with Crippen LogP contribution < -0.4 is 5.32 Å². The van der Waals surface area contributed by atoms with Crippen LogP contribution in [0.1, 0.15) is 23.9 Å². The average Bonchev–Trinajstić information content (AvgIpc) is 3.13. The Morgan fingerprint density at radius 2 is 2.36 bits per heavy atom. The van der Waals surface area contributed by atoms with Crippen molar-refractivity contribution in [2.45, 2.75) is 19.0 Å². The van der Waals surface area contributed by atoms with Gasteiger partial charge in [0.25, 0.3) is 0 Å².